The third-order valence-corrected chi connectivity index (χ3v) is 3.37. The van der Waals surface area contributed by atoms with Gasteiger partial charge in [-0.25, -0.2) is 13.2 Å². The summed E-state index contributed by atoms with van der Waals surface area (Å²) in [5.41, 5.74) is 0.663. The number of hydrogen-bond acceptors (Lipinski definition) is 2. The minimum Gasteiger partial charge on any atom is -0.357 e. The van der Waals surface area contributed by atoms with E-state index in [1.165, 1.54) is 37.4 Å². The number of benzene rings is 2. The van der Waals surface area contributed by atoms with Gasteiger partial charge in [0.2, 0.25) is 11.8 Å². The van der Waals surface area contributed by atoms with Gasteiger partial charge in [-0.3, -0.25) is 9.59 Å². The fraction of sp³-hybridized carbons (Fsp3) is 0.176. The zero-order valence-corrected chi connectivity index (χ0v) is 12.8. The molecule has 1 atom stereocenters. The second-order valence-electron chi connectivity index (χ2n) is 5.09. The van der Waals surface area contributed by atoms with Gasteiger partial charge >= 0.3 is 0 Å². The molecule has 0 aliphatic heterocycles. The molecule has 0 fully saturated rings. The first-order valence-corrected chi connectivity index (χ1v) is 7.11. The van der Waals surface area contributed by atoms with Crippen LogP contribution in [0.25, 0.3) is 0 Å². The van der Waals surface area contributed by atoms with Gasteiger partial charge in [0.05, 0.1) is 6.42 Å². The molecule has 2 N–H and O–H groups in total. The van der Waals surface area contributed by atoms with Crippen molar-refractivity contribution < 1.29 is 22.8 Å². The van der Waals surface area contributed by atoms with Crippen molar-refractivity contribution in [3.8, 4) is 0 Å². The van der Waals surface area contributed by atoms with E-state index < -0.39 is 35.3 Å². The van der Waals surface area contributed by atoms with Crippen LogP contribution in [-0.4, -0.2) is 18.9 Å². The first kappa shape index (κ1) is 17.5. The summed E-state index contributed by atoms with van der Waals surface area (Å²) >= 11 is 0. The van der Waals surface area contributed by atoms with Gasteiger partial charge in [0.1, 0.15) is 11.9 Å². The maximum absolute atomic E-state index is 13.4. The summed E-state index contributed by atoms with van der Waals surface area (Å²) in [6.07, 6.45) is -0.0859. The molecule has 2 aromatic rings. The molecule has 0 saturated carbocycles. The van der Waals surface area contributed by atoms with E-state index in [0.717, 1.165) is 12.1 Å². The van der Waals surface area contributed by atoms with Crippen LogP contribution >= 0.6 is 0 Å². The van der Waals surface area contributed by atoms with E-state index in [1.54, 1.807) is 0 Å². The fourth-order valence-corrected chi connectivity index (χ4v) is 2.14. The summed E-state index contributed by atoms with van der Waals surface area (Å²) in [6.45, 7) is 0. The lowest BCUT2D eigenvalue weighted by molar-refractivity contribution is -0.128. The third-order valence-electron chi connectivity index (χ3n) is 3.37. The monoisotopic (exact) mass is 336 g/mol. The Balaban J connectivity index is 2.16. The number of rotatable bonds is 5. The predicted octanol–water partition coefficient (Wildman–Crippen LogP) is 2.25. The maximum Gasteiger partial charge on any atom is 0.246 e. The molecular formula is C17H15F3N2O2. The molecule has 0 bridgehead atoms. The highest BCUT2D eigenvalue weighted by Gasteiger charge is 2.23. The van der Waals surface area contributed by atoms with E-state index >= 15 is 0 Å². The van der Waals surface area contributed by atoms with Crippen molar-refractivity contribution in [2.45, 2.75) is 12.5 Å². The molecule has 0 saturated heterocycles. The van der Waals surface area contributed by atoms with Crippen molar-refractivity contribution in [3.63, 3.8) is 0 Å². The summed E-state index contributed by atoms with van der Waals surface area (Å²) < 4.78 is 39.3. The second kappa shape index (κ2) is 7.63. The van der Waals surface area contributed by atoms with Crippen molar-refractivity contribution in [2.24, 2.45) is 0 Å². The van der Waals surface area contributed by atoms with E-state index in [4.69, 9.17) is 0 Å². The van der Waals surface area contributed by atoms with Crippen molar-refractivity contribution in [2.75, 3.05) is 7.05 Å². The maximum atomic E-state index is 13.4. The van der Waals surface area contributed by atoms with Gasteiger partial charge in [-0.05, 0) is 35.4 Å². The molecule has 0 radical (unpaired) electrons. The van der Waals surface area contributed by atoms with Gasteiger partial charge in [-0.2, -0.15) is 0 Å². The Morgan fingerprint density at radius 3 is 2.25 bits per heavy atom. The van der Waals surface area contributed by atoms with Crippen LogP contribution in [-0.2, 0) is 16.0 Å². The average molecular weight is 336 g/mol. The number of hydrogen-bond donors (Lipinski definition) is 2. The van der Waals surface area contributed by atoms with Crippen LogP contribution in [0.5, 0.6) is 0 Å². The van der Waals surface area contributed by atoms with E-state index in [0.29, 0.717) is 5.56 Å². The Labute approximate surface area is 136 Å². The molecule has 0 spiro atoms. The van der Waals surface area contributed by atoms with E-state index in [2.05, 4.69) is 10.6 Å². The lowest BCUT2D eigenvalue weighted by Gasteiger charge is -2.18. The summed E-state index contributed by atoms with van der Waals surface area (Å²) in [5, 5.41) is 4.81. The number of carbonyl (C=O) groups excluding carboxylic acids is 2. The molecule has 24 heavy (non-hydrogen) atoms. The highest BCUT2D eigenvalue weighted by molar-refractivity contribution is 5.89. The van der Waals surface area contributed by atoms with Gasteiger partial charge in [0, 0.05) is 7.05 Å². The molecule has 0 aliphatic carbocycles. The molecule has 0 heterocycles. The standard InChI is InChI=1S/C17H15F3N2O2/c1-21-17(24)16(11-4-7-13(19)14(20)9-11)22-15(23)8-10-2-5-12(18)6-3-10/h2-7,9,16H,8H2,1H3,(H,21,24)(H,22,23). The second-order valence-corrected chi connectivity index (χ2v) is 5.09. The van der Waals surface area contributed by atoms with Crippen LogP contribution in [0.1, 0.15) is 17.2 Å². The van der Waals surface area contributed by atoms with Crippen LogP contribution in [0.4, 0.5) is 13.2 Å². The lowest BCUT2D eigenvalue weighted by atomic mass is 10.0. The summed E-state index contributed by atoms with van der Waals surface area (Å²) in [5.74, 6) is -3.68. The predicted molar refractivity (Wildman–Crippen MR) is 81.4 cm³/mol. The smallest absolute Gasteiger partial charge is 0.246 e. The Hall–Kier alpha value is -2.83. The quantitative estimate of drug-likeness (QED) is 0.880. The molecule has 2 aromatic carbocycles. The van der Waals surface area contributed by atoms with Gasteiger partial charge < -0.3 is 10.6 Å². The average Bonchev–Trinajstić information content (AvgIpc) is 2.56. The van der Waals surface area contributed by atoms with E-state index in [-0.39, 0.29) is 12.0 Å². The Bertz CT molecular complexity index is 748. The van der Waals surface area contributed by atoms with Gasteiger partial charge in [-0.15, -0.1) is 0 Å². The summed E-state index contributed by atoms with van der Waals surface area (Å²) in [7, 11) is 1.36. The molecule has 126 valence electrons. The van der Waals surface area contributed by atoms with Crippen molar-refractivity contribution in [1.29, 1.82) is 0 Å². The molecule has 7 heteroatoms. The van der Waals surface area contributed by atoms with Crippen molar-refractivity contribution in [1.82, 2.24) is 10.6 Å². The molecule has 4 nitrogen and oxygen atoms in total. The lowest BCUT2D eigenvalue weighted by Crippen LogP contribution is -2.39. The van der Waals surface area contributed by atoms with Crippen LogP contribution < -0.4 is 10.6 Å². The molecule has 2 rings (SSSR count). The van der Waals surface area contributed by atoms with Crippen molar-refractivity contribution in [3.05, 3.63) is 71.0 Å². The molecule has 0 aromatic heterocycles. The first-order valence-electron chi connectivity index (χ1n) is 7.11. The number of carbonyl (C=O) groups is 2. The highest BCUT2D eigenvalue weighted by atomic mass is 19.2. The number of halogens is 3. The molecule has 1 unspecified atom stereocenters. The normalized spacial score (nSPS) is 11.7. The highest BCUT2D eigenvalue weighted by Crippen LogP contribution is 2.17. The third kappa shape index (κ3) is 4.34. The molecule has 2 amide bonds. The minimum absolute atomic E-state index is 0.0859. The summed E-state index contributed by atoms with van der Waals surface area (Å²) in [4.78, 5) is 24.1. The number of amides is 2. The zero-order chi connectivity index (χ0) is 17.7. The number of nitrogens with one attached hydrogen (secondary N) is 2. The summed E-state index contributed by atoms with van der Waals surface area (Å²) in [6, 6.07) is 7.11. The van der Waals surface area contributed by atoms with Gasteiger partial charge in [0.25, 0.3) is 0 Å². The Morgan fingerprint density at radius 2 is 1.67 bits per heavy atom. The van der Waals surface area contributed by atoms with E-state index in [9.17, 15) is 22.8 Å². The topological polar surface area (TPSA) is 58.2 Å². The number of likely N-dealkylation sites (N-methyl/N-ethyl adjacent to an activating group) is 1. The molecular weight excluding hydrogens is 321 g/mol. The Kier molecular flexibility index (Phi) is 5.57. The largest absolute Gasteiger partial charge is 0.357 e. The Morgan fingerprint density at radius 1 is 1.00 bits per heavy atom. The zero-order valence-electron chi connectivity index (χ0n) is 12.8. The van der Waals surface area contributed by atoms with Gasteiger partial charge in [0.15, 0.2) is 11.6 Å². The minimum atomic E-state index is -1.17. The van der Waals surface area contributed by atoms with Crippen LogP contribution in [0.2, 0.25) is 0 Å². The van der Waals surface area contributed by atoms with Crippen molar-refractivity contribution >= 4 is 11.8 Å². The van der Waals surface area contributed by atoms with Crippen LogP contribution in [0.15, 0.2) is 42.5 Å². The van der Waals surface area contributed by atoms with Crippen LogP contribution in [0.3, 0.4) is 0 Å². The molecule has 0 aliphatic rings. The first-order chi connectivity index (χ1) is 11.4. The van der Waals surface area contributed by atoms with Crippen LogP contribution in [0, 0.1) is 17.5 Å². The fourth-order valence-electron chi connectivity index (χ4n) is 2.14. The van der Waals surface area contributed by atoms with Gasteiger partial charge in [-0.1, -0.05) is 18.2 Å². The van der Waals surface area contributed by atoms with E-state index in [1.807, 2.05) is 0 Å². The SMILES string of the molecule is CNC(=O)C(NC(=O)Cc1ccc(F)cc1)c1ccc(F)c(F)c1.